The van der Waals surface area contributed by atoms with Crippen molar-refractivity contribution in [3.8, 4) is 27.9 Å². The summed E-state index contributed by atoms with van der Waals surface area (Å²) in [5.41, 5.74) is 24.5. The molecule has 4 heteroatoms. The average Bonchev–Trinajstić information content (AvgIpc) is 4.07. The summed E-state index contributed by atoms with van der Waals surface area (Å²) in [7, 11) is 0. The zero-order chi connectivity index (χ0) is 45.5. The Morgan fingerprint density at radius 1 is 0.500 bits per heavy atom. The highest BCUT2D eigenvalue weighted by Crippen LogP contribution is 2.62. The Bertz CT molecular complexity index is 3960. The lowest BCUT2D eigenvalue weighted by Gasteiger charge is -2.40. The molecule has 0 amide bonds. The van der Waals surface area contributed by atoms with E-state index in [4.69, 9.17) is 4.42 Å². The molecule has 2 aliphatic carbocycles. The summed E-state index contributed by atoms with van der Waals surface area (Å²) in [5.74, 6) is 0. The van der Waals surface area contributed by atoms with Crippen LogP contribution >= 0.6 is 22.6 Å². The first-order chi connectivity index (χ1) is 33.4. The number of aromatic nitrogens is 1. The van der Waals surface area contributed by atoms with E-state index < -0.39 is 5.41 Å². The molecule has 0 saturated carbocycles. The number of alkyl halides is 1. The van der Waals surface area contributed by atoms with Crippen molar-refractivity contribution in [2.24, 2.45) is 0 Å². The number of benzene rings is 9. The maximum absolute atomic E-state index is 6.22. The van der Waals surface area contributed by atoms with E-state index in [-0.39, 0.29) is 5.41 Å². The fourth-order valence-electron chi connectivity index (χ4n) is 12.8. The number of halogens is 1. The molecule has 0 saturated heterocycles. The Hall–Kier alpha value is -7.15. The zero-order valence-corrected chi connectivity index (χ0v) is 40.4. The fourth-order valence-corrected chi connectivity index (χ4v) is 14.2. The molecule has 0 radical (unpaired) electrons. The lowest BCUT2D eigenvalue weighted by Crippen LogP contribution is -2.33. The molecular weight excluding hydrogens is 940 g/mol. The molecule has 3 aliphatic rings. The van der Waals surface area contributed by atoms with Crippen LogP contribution in [0.1, 0.15) is 67.0 Å². The van der Waals surface area contributed by atoms with Crippen molar-refractivity contribution in [1.82, 2.24) is 4.57 Å². The quantitative estimate of drug-likeness (QED) is 0.117. The molecule has 1 atom stereocenters. The van der Waals surface area contributed by atoms with E-state index in [1.165, 1.54) is 88.7 Å². The van der Waals surface area contributed by atoms with Gasteiger partial charge in [0.05, 0.1) is 22.1 Å². The van der Waals surface area contributed by atoms with Crippen LogP contribution in [-0.4, -0.2) is 8.99 Å². The first kappa shape index (κ1) is 40.0. The summed E-state index contributed by atoms with van der Waals surface area (Å²) in [4.78, 5) is 2.51. The van der Waals surface area contributed by atoms with Gasteiger partial charge in [-0.05, 0) is 140 Å². The van der Waals surface area contributed by atoms with Gasteiger partial charge in [0.25, 0.3) is 0 Å². The minimum absolute atomic E-state index is 0.0744. The summed E-state index contributed by atoms with van der Waals surface area (Å²) in [6.07, 6.45) is 2.23. The van der Waals surface area contributed by atoms with Gasteiger partial charge in [-0.2, -0.15) is 0 Å². The predicted molar refractivity (Wildman–Crippen MR) is 293 cm³/mol. The van der Waals surface area contributed by atoms with Crippen LogP contribution in [0.15, 0.2) is 204 Å². The minimum Gasteiger partial charge on any atom is -0.456 e. The summed E-state index contributed by atoms with van der Waals surface area (Å²) < 4.78 is 9.78. The zero-order valence-electron chi connectivity index (χ0n) is 38.3. The van der Waals surface area contributed by atoms with Crippen LogP contribution < -0.4 is 4.90 Å². The van der Waals surface area contributed by atoms with E-state index >= 15 is 0 Å². The van der Waals surface area contributed by atoms with Gasteiger partial charge in [-0.1, -0.05) is 177 Å². The maximum atomic E-state index is 6.22. The predicted octanol–water partition coefficient (Wildman–Crippen LogP) is 17.8. The topological polar surface area (TPSA) is 21.3 Å². The highest BCUT2D eigenvalue weighted by molar-refractivity contribution is 14.1. The highest BCUT2D eigenvalue weighted by Gasteiger charge is 2.51. The van der Waals surface area contributed by atoms with Crippen molar-refractivity contribution in [2.45, 2.75) is 44.4 Å². The average molecular weight is 987 g/mol. The number of nitrogens with zero attached hydrogens (tertiary/aromatic N) is 2. The largest absolute Gasteiger partial charge is 0.456 e. The van der Waals surface area contributed by atoms with E-state index in [2.05, 4.69) is 241 Å². The number of anilines is 3. The van der Waals surface area contributed by atoms with Crippen molar-refractivity contribution < 1.29 is 4.42 Å². The van der Waals surface area contributed by atoms with E-state index in [9.17, 15) is 0 Å². The number of allylic oxidation sites excluding steroid dienone is 2. The Labute approximate surface area is 410 Å². The van der Waals surface area contributed by atoms with Crippen LogP contribution in [0, 0.1) is 0 Å². The molecule has 326 valence electrons. The second kappa shape index (κ2) is 14.7. The molecule has 1 unspecified atom stereocenters. The van der Waals surface area contributed by atoms with E-state index in [1.807, 2.05) is 6.07 Å². The molecule has 3 nitrogen and oxygen atoms in total. The van der Waals surface area contributed by atoms with Crippen molar-refractivity contribution in [1.29, 1.82) is 0 Å². The monoisotopic (exact) mass is 986 g/mol. The van der Waals surface area contributed by atoms with Gasteiger partial charge < -0.3 is 13.9 Å². The van der Waals surface area contributed by atoms with Gasteiger partial charge >= 0.3 is 0 Å². The first-order valence-electron chi connectivity index (χ1n) is 24.0. The van der Waals surface area contributed by atoms with Gasteiger partial charge in [0.15, 0.2) is 0 Å². The van der Waals surface area contributed by atoms with Gasteiger partial charge in [0.2, 0.25) is 0 Å². The molecule has 1 aliphatic heterocycles. The molecule has 1 spiro atoms. The van der Waals surface area contributed by atoms with Crippen molar-refractivity contribution >= 4 is 89.0 Å². The summed E-state index contributed by atoms with van der Waals surface area (Å²) in [5, 5.41) is 4.85. The molecule has 9 aromatic carbocycles. The van der Waals surface area contributed by atoms with Crippen LogP contribution in [0.3, 0.4) is 0 Å². The van der Waals surface area contributed by atoms with E-state index in [0.29, 0.717) is 0 Å². The third-order valence-electron chi connectivity index (χ3n) is 15.8. The molecule has 0 bridgehead atoms. The van der Waals surface area contributed by atoms with Crippen LogP contribution in [0.25, 0.3) is 77.3 Å². The normalized spacial score (nSPS) is 16.2. The summed E-state index contributed by atoms with van der Waals surface area (Å²) >= 11 is 2.59. The second-order valence-electron chi connectivity index (χ2n) is 19.5. The van der Waals surface area contributed by atoms with E-state index in [1.54, 1.807) is 5.57 Å². The molecule has 0 N–H and O–H groups in total. The fraction of sp³-hybridized carbons (Fsp3) is 0.125. The molecule has 2 aromatic heterocycles. The lowest BCUT2D eigenvalue weighted by atomic mass is 9.65. The SMILES string of the molecule is CCCC1=C(CI)C(C)(C)c2cc(N(c3ccc(-c4ccc5oc6ccccc6c5c4)cc3)c3ccc4c(c3)C3(c5ccccc5-4)c4ccccc4-n4c5ccccc5c5cccc3c54)ccc21. The molecule has 3 heterocycles. The third kappa shape index (κ3) is 5.30. The number of hydrogen-bond donors (Lipinski definition) is 0. The number of furan rings is 1. The van der Waals surface area contributed by atoms with Crippen LogP contribution in [0.4, 0.5) is 17.1 Å². The van der Waals surface area contributed by atoms with Gasteiger partial charge in [0.1, 0.15) is 11.2 Å². The number of fused-ring (bicyclic) bond motifs is 16. The van der Waals surface area contributed by atoms with E-state index in [0.717, 1.165) is 56.3 Å². The van der Waals surface area contributed by atoms with Gasteiger partial charge in [-0.25, -0.2) is 0 Å². The molecule has 11 aromatic rings. The van der Waals surface area contributed by atoms with Crippen molar-refractivity contribution in [3.05, 3.63) is 233 Å². The van der Waals surface area contributed by atoms with Crippen LogP contribution in [-0.2, 0) is 10.8 Å². The molecule has 0 fully saturated rings. The second-order valence-corrected chi connectivity index (χ2v) is 20.2. The van der Waals surface area contributed by atoms with Gasteiger partial charge in [0, 0.05) is 48.4 Å². The third-order valence-corrected chi connectivity index (χ3v) is 16.5. The first-order valence-corrected chi connectivity index (χ1v) is 25.5. The van der Waals surface area contributed by atoms with Crippen LogP contribution in [0.5, 0.6) is 0 Å². The highest BCUT2D eigenvalue weighted by atomic mass is 127. The standard InChI is InChI=1S/C64H47IN2O/c1-4-14-44-46-32-30-42(36-55(46)63(2,3)57(44)38-65)66(41-28-25-39(26-29-41)40-27-34-61-51(35-40)49-17-7-12-24-60(49)68-61)43-31-33-47-45-15-5-8-19-52(45)64(56(47)37-43)53-20-9-11-23-59(53)67-58-22-10-6-16-48(58)50-18-13-21-54(64)62(50)67/h5-13,15-37H,4,14,38H2,1-3H3. The van der Waals surface area contributed by atoms with Crippen LogP contribution in [0.2, 0.25) is 0 Å². The number of hydrogen-bond acceptors (Lipinski definition) is 2. The Kier molecular flexibility index (Phi) is 8.62. The molecular formula is C64H47IN2O. The summed E-state index contributed by atoms with van der Waals surface area (Å²) in [6, 6.07) is 73.0. The Balaban J connectivity index is 1.00. The van der Waals surface area contributed by atoms with Crippen molar-refractivity contribution in [3.63, 3.8) is 0 Å². The summed E-state index contributed by atoms with van der Waals surface area (Å²) in [6.45, 7) is 7.17. The Morgan fingerprint density at radius 3 is 1.96 bits per heavy atom. The smallest absolute Gasteiger partial charge is 0.135 e. The molecule has 14 rings (SSSR count). The number of para-hydroxylation sites is 4. The Morgan fingerprint density at radius 2 is 1.13 bits per heavy atom. The minimum atomic E-state index is -0.554. The molecule has 68 heavy (non-hydrogen) atoms. The number of rotatable bonds is 7. The van der Waals surface area contributed by atoms with Crippen molar-refractivity contribution in [2.75, 3.05) is 9.33 Å². The van der Waals surface area contributed by atoms with Gasteiger partial charge in [-0.3, -0.25) is 0 Å². The maximum Gasteiger partial charge on any atom is 0.135 e. The van der Waals surface area contributed by atoms with Gasteiger partial charge in [-0.15, -0.1) is 0 Å². The lowest BCUT2D eigenvalue weighted by molar-refractivity contribution is 0.642.